The summed E-state index contributed by atoms with van der Waals surface area (Å²) in [5, 5.41) is 11.2. The van der Waals surface area contributed by atoms with Crippen molar-refractivity contribution in [2.24, 2.45) is 0 Å². The molecule has 0 radical (unpaired) electrons. The Hall–Kier alpha value is -1.76. The van der Waals surface area contributed by atoms with Gasteiger partial charge in [0.05, 0.1) is 5.60 Å². The number of carbonyl (C=O) groups is 1. The lowest BCUT2D eigenvalue weighted by Gasteiger charge is -2.28. The molecule has 1 unspecified atom stereocenters. The van der Waals surface area contributed by atoms with E-state index in [-0.39, 0.29) is 0 Å². The Kier molecular flexibility index (Phi) is 5.77. The number of thiophene rings is 1. The number of nitrogens with zero attached hydrogens (tertiary/aromatic N) is 1. The Morgan fingerprint density at radius 3 is 2.50 bits per heavy atom. The number of ether oxygens (including phenoxy) is 1. The van der Waals surface area contributed by atoms with Crippen molar-refractivity contribution in [2.45, 2.75) is 65.1 Å². The van der Waals surface area contributed by atoms with Gasteiger partial charge < -0.3 is 9.84 Å². The van der Waals surface area contributed by atoms with Crippen LogP contribution in [0.2, 0.25) is 0 Å². The summed E-state index contributed by atoms with van der Waals surface area (Å²) in [6, 6.07) is 8.09. The van der Waals surface area contributed by atoms with Crippen LogP contribution >= 0.6 is 27.3 Å². The van der Waals surface area contributed by atoms with Gasteiger partial charge in [-0.2, -0.15) is 0 Å². The molecule has 4 nitrogen and oxygen atoms in total. The Balaban J connectivity index is 2.08. The van der Waals surface area contributed by atoms with Crippen LogP contribution in [0.5, 0.6) is 0 Å². The van der Waals surface area contributed by atoms with Crippen molar-refractivity contribution in [3.05, 3.63) is 50.4 Å². The lowest BCUT2D eigenvalue weighted by atomic mass is 9.88. The summed E-state index contributed by atoms with van der Waals surface area (Å²) < 4.78 is 7.06. The normalized spacial score (nSPS) is 15.2. The van der Waals surface area contributed by atoms with E-state index in [1.807, 2.05) is 52.0 Å². The first-order valence-corrected chi connectivity index (χ1v) is 11.9. The van der Waals surface area contributed by atoms with Crippen molar-refractivity contribution in [1.82, 2.24) is 4.98 Å². The highest BCUT2D eigenvalue weighted by molar-refractivity contribution is 9.10. The molecule has 2 heterocycles. The molecule has 1 N–H and O–H groups in total. The van der Waals surface area contributed by atoms with Gasteiger partial charge in [-0.25, -0.2) is 9.78 Å². The van der Waals surface area contributed by atoms with Crippen molar-refractivity contribution in [3.63, 3.8) is 0 Å². The lowest BCUT2D eigenvalue weighted by molar-refractivity contribution is -0.160. The second-order valence-electron chi connectivity index (χ2n) is 8.83. The first-order chi connectivity index (χ1) is 14.2. The third-order valence-electron chi connectivity index (χ3n) is 5.42. The molecule has 1 aliphatic rings. The predicted octanol–water partition coefficient (Wildman–Crippen LogP) is 6.85. The second-order valence-corrected chi connectivity index (χ2v) is 10.8. The molecule has 0 saturated heterocycles. The van der Waals surface area contributed by atoms with E-state index < -0.39 is 17.7 Å². The largest absolute Gasteiger partial charge is 0.479 e. The van der Waals surface area contributed by atoms with Crippen LogP contribution in [-0.2, 0) is 22.4 Å². The van der Waals surface area contributed by atoms with E-state index >= 15 is 0 Å². The highest BCUT2D eigenvalue weighted by Crippen LogP contribution is 2.45. The van der Waals surface area contributed by atoms with E-state index in [9.17, 15) is 9.90 Å². The summed E-state index contributed by atoms with van der Waals surface area (Å²) >= 11 is 5.28. The number of rotatable bonds is 4. The van der Waals surface area contributed by atoms with Gasteiger partial charge in [0.1, 0.15) is 4.83 Å². The molecule has 1 aromatic carbocycles. The summed E-state index contributed by atoms with van der Waals surface area (Å²) in [4.78, 5) is 19.6. The van der Waals surface area contributed by atoms with Crippen LogP contribution in [0.3, 0.4) is 0 Å². The van der Waals surface area contributed by atoms with Crippen LogP contribution in [0.25, 0.3) is 21.3 Å². The minimum Gasteiger partial charge on any atom is -0.479 e. The fourth-order valence-electron chi connectivity index (χ4n) is 4.24. The average Bonchev–Trinajstić information content (AvgIpc) is 3.03. The maximum atomic E-state index is 12.4. The Morgan fingerprint density at radius 2 is 1.87 bits per heavy atom. The maximum Gasteiger partial charge on any atom is 0.337 e. The molecule has 0 amide bonds. The Labute approximate surface area is 189 Å². The highest BCUT2D eigenvalue weighted by atomic mass is 79.9. The number of fused-ring (bicyclic) bond motifs is 3. The van der Waals surface area contributed by atoms with Gasteiger partial charge in [-0.3, -0.25) is 0 Å². The fraction of sp³-hybridized carbons (Fsp3) is 0.417. The van der Waals surface area contributed by atoms with E-state index in [4.69, 9.17) is 9.72 Å². The summed E-state index contributed by atoms with van der Waals surface area (Å²) in [7, 11) is 0. The highest BCUT2D eigenvalue weighted by Gasteiger charge is 2.33. The summed E-state index contributed by atoms with van der Waals surface area (Å²) in [5.41, 5.74) is 4.08. The second kappa shape index (κ2) is 8.06. The summed E-state index contributed by atoms with van der Waals surface area (Å²) in [5.74, 6) is -0.989. The summed E-state index contributed by atoms with van der Waals surface area (Å²) in [6.45, 7) is 7.56. The minimum absolute atomic E-state index is 0.602. The van der Waals surface area contributed by atoms with Crippen molar-refractivity contribution >= 4 is 43.5 Å². The number of aliphatic carboxylic acids is 1. The van der Waals surface area contributed by atoms with E-state index in [2.05, 4.69) is 15.9 Å². The zero-order valence-electron chi connectivity index (χ0n) is 17.7. The van der Waals surface area contributed by atoms with E-state index in [1.165, 1.54) is 16.9 Å². The number of carboxylic acids is 1. The van der Waals surface area contributed by atoms with Crippen LogP contribution in [0.1, 0.15) is 61.4 Å². The maximum absolute atomic E-state index is 12.4. The average molecular weight is 488 g/mol. The minimum atomic E-state index is -1.08. The molecule has 0 saturated carbocycles. The molecule has 0 aliphatic heterocycles. The first kappa shape index (κ1) is 21.5. The summed E-state index contributed by atoms with van der Waals surface area (Å²) in [6.07, 6.45) is 3.36. The van der Waals surface area contributed by atoms with Crippen LogP contribution in [0, 0.1) is 6.92 Å². The molecule has 0 bridgehead atoms. The quantitative estimate of drug-likeness (QED) is 0.436. The molecule has 30 heavy (non-hydrogen) atoms. The molecule has 0 fully saturated rings. The number of benzene rings is 1. The van der Waals surface area contributed by atoms with Crippen molar-refractivity contribution < 1.29 is 14.6 Å². The number of hydrogen-bond donors (Lipinski definition) is 1. The number of pyridine rings is 1. The molecule has 0 spiro atoms. The zero-order chi connectivity index (χ0) is 21.6. The number of carboxylic acid groups (broad SMARTS) is 1. The van der Waals surface area contributed by atoms with Gasteiger partial charge in [-0.1, -0.05) is 28.1 Å². The van der Waals surface area contributed by atoms with Crippen molar-refractivity contribution in [1.29, 1.82) is 0 Å². The van der Waals surface area contributed by atoms with Crippen LogP contribution in [0.4, 0.5) is 0 Å². The molecule has 1 atom stereocenters. The van der Waals surface area contributed by atoms with Gasteiger partial charge >= 0.3 is 5.97 Å². The standard InChI is InChI=1S/C24H26BrNO3S/c1-13-18(21(23(27)28)29-24(2,3)4)19(14-9-11-15(25)12-10-14)20-16-7-5-6-8-17(16)30-22(20)26-13/h9-12,21H,5-8H2,1-4H3,(H,27,28). The molecule has 3 aromatic rings. The molecular weight excluding hydrogens is 462 g/mol. The van der Waals surface area contributed by atoms with Gasteiger partial charge in [-0.15, -0.1) is 11.3 Å². The van der Waals surface area contributed by atoms with Crippen LogP contribution in [0.15, 0.2) is 28.7 Å². The van der Waals surface area contributed by atoms with Crippen LogP contribution in [-0.4, -0.2) is 21.7 Å². The Bertz CT molecular complexity index is 1110. The Morgan fingerprint density at radius 1 is 1.20 bits per heavy atom. The number of halogens is 1. The molecule has 1 aliphatic carbocycles. The smallest absolute Gasteiger partial charge is 0.337 e. The SMILES string of the molecule is Cc1nc2sc3c(c2c(-c2ccc(Br)cc2)c1C(OC(C)(C)C)C(=O)O)CCCC3. The van der Waals surface area contributed by atoms with E-state index in [0.29, 0.717) is 5.56 Å². The predicted molar refractivity (Wildman–Crippen MR) is 125 cm³/mol. The first-order valence-electron chi connectivity index (χ1n) is 10.3. The molecule has 6 heteroatoms. The van der Waals surface area contributed by atoms with Crippen LogP contribution < -0.4 is 0 Å². The lowest BCUT2D eigenvalue weighted by Crippen LogP contribution is -2.28. The van der Waals surface area contributed by atoms with Gasteiger partial charge in [0, 0.05) is 31.6 Å². The zero-order valence-corrected chi connectivity index (χ0v) is 20.1. The topological polar surface area (TPSA) is 59.4 Å². The number of aryl methyl sites for hydroxylation is 3. The van der Waals surface area contributed by atoms with Gasteiger partial charge in [0.25, 0.3) is 0 Å². The van der Waals surface area contributed by atoms with Gasteiger partial charge in [0.2, 0.25) is 0 Å². The number of aromatic nitrogens is 1. The van der Waals surface area contributed by atoms with E-state index in [0.717, 1.165) is 50.8 Å². The van der Waals surface area contributed by atoms with Gasteiger partial charge in [0.15, 0.2) is 6.10 Å². The fourth-order valence-corrected chi connectivity index (χ4v) is 5.82. The third-order valence-corrected chi connectivity index (χ3v) is 7.14. The van der Waals surface area contributed by atoms with Crippen molar-refractivity contribution in [2.75, 3.05) is 0 Å². The van der Waals surface area contributed by atoms with Crippen molar-refractivity contribution in [3.8, 4) is 11.1 Å². The molecule has 4 rings (SSSR count). The monoisotopic (exact) mass is 487 g/mol. The molecule has 158 valence electrons. The van der Waals surface area contributed by atoms with E-state index in [1.54, 1.807) is 11.3 Å². The molecular formula is C24H26BrNO3S. The third kappa shape index (κ3) is 4.05. The number of hydrogen-bond acceptors (Lipinski definition) is 4. The molecule has 2 aromatic heterocycles. The van der Waals surface area contributed by atoms with Gasteiger partial charge in [-0.05, 0) is 76.6 Å².